The van der Waals surface area contributed by atoms with Crippen LogP contribution in [-0.4, -0.2) is 55.4 Å². The number of halogens is 5. The third-order valence-electron chi connectivity index (χ3n) is 9.48. The Labute approximate surface area is 282 Å². The third kappa shape index (κ3) is 5.89. The lowest BCUT2D eigenvalue weighted by Gasteiger charge is -2.33. The van der Waals surface area contributed by atoms with Crippen LogP contribution in [0.4, 0.5) is 17.6 Å². The van der Waals surface area contributed by atoms with Crippen molar-refractivity contribution < 1.29 is 36.3 Å². The molecule has 0 aliphatic carbocycles. The first-order valence-corrected chi connectivity index (χ1v) is 16.4. The molecule has 256 valence electrons. The highest BCUT2D eigenvalue weighted by molar-refractivity contribution is 6.30. The first-order valence-electron chi connectivity index (χ1n) is 16.0. The molecule has 3 aliphatic heterocycles. The van der Waals surface area contributed by atoms with Gasteiger partial charge in [-0.1, -0.05) is 28.9 Å². The van der Waals surface area contributed by atoms with Crippen molar-refractivity contribution in [2.45, 2.75) is 70.2 Å². The molecule has 8 rings (SSSR count). The summed E-state index contributed by atoms with van der Waals surface area (Å²) in [6, 6.07) is 11.9. The number of pyridine rings is 1. The fourth-order valence-electron chi connectivity index (χ4n) is 6.94. The number of fused-ring (bicyclic) bond motifs is 2. The van der Waals surface area contributed by atoms with E-state index in [9.17, 15) is 17.6 Å². The number of piperidine rings is 1. The number of aromatic nitrogens is 5. The van der Waals surface area contributed by atoms with E-state index in [-0.39, 0.29) is 29.1 Å². The van der Waals surface area contributed by atoms with Gasteiger partial charge >= 0.3 is 12.1 Å². The van der Waals surface area contributed by atoms with Gasteiger partial charge in [0.15, 0.2) is 11.5 Å². The number of para-hydroxylation sites is 1. The van der Waals surface area contributed by atoms with E-state index in [4.69, 9.17) is 30.8 Å². The van der Waals surface area contributed by atoms with Crippen LogP contribution in [0.15, 0.2) is 47.0 Å². The number of aryl methyl sites for hydroxylation is 1. The Balaban J connectivity index is 1.02. The minimum absolute atomic E-state index is 0.0435. The van der Waals surface area contributed by atoms with Crippen LogP contribution in [0.1, 0.15) is 60.6 Å². The molecule has 0 N–H and O–H groups in total. The Morgan fingerprint density at radius 3 is 2.51 bits per heavy atom. The van der Waals surface area contributed by atoms with Crippen LogP contribution in [0.3, 0.4) is 0 Å². The molecule has 0 amide bonds. The molecule has 0 radical (unpaired) electrons. The molecule has 0 saturated carbocycles. The Bertz CT molecular complexity index is 2060. The summed E-state index contributed by atoms with van der Waals surface area (Å²) in [4.78, 5) is 15.3. The zero-order chi connectivity index (χ0) is 34.1. The minimum Gasteiger partial charge on any atom is -0.444 e. The van der Waals surface area contributed by atoms with Crippen molar-refractivity contribution in [2.75, 3.05) is 19.7 Å². The molecular formula is C34H31ClF4N6O4. The van der Waals surface area contributed by atoms with Crippen molar-refractivity contribution in [1.82, 2.24) is 29.6 Å². The number of rotatable bonds is 7. The minimum atomic E-state index is -4.76. The average Bonchev–Trinajstić information content (AvgIpc) is 3.75. The smallest absolute Gasteiger partial charge is 0.444 e. The molecule has 2 atom stereocenters. The summed E-state index contributed by atoms with van der Waals surface area (Å²) in [6.45, 7) is 6.91. The number of hydrogen-bond donors (Lipinski definition) is 0. The van der Waals surface area contributed by atoms with Crippen LogP contribution in [0.5, 0.6) is 11.5 Å². The lowest BCUT2D eigenvalue weighted by atomic mass is 9.88. The van der Waals surface area contributed by atoms with Gasteiger partial charge in [-0.3, -0.25) is 4.90 Å². The van der Waals surface area contributed by atoms with E-state index in [1.54, 1.807) is 32.0 Å². The molecule has 0 spiro atoms. The number of alkyl halides is 3. The van der Waals surface area contributed by atoms with Gasteiger partial charge < -0.3 is 23.3 Å². The Morgan fingerprint density at radius 1 is 1.02 bits per heavy atom. The zero-order valence-electron chi connectivity index (χ0n) is 26.6. The fraction of sp³-hybridized carbons (Fsp3) is 0.412. The molecule has 2 aromatic carbocycles. The van der Waals surface area contributed by atoms with Crippen molar-refractivity contribution in [3.8, 4) is 23.0 Å². The number of ether oxygens (including phenoxy) is 3. The largest absolute Gasteiger partial charge is 0.471 e. The number of hydrogen-bond acceptors (Lipinski definition) is 9. The van der Waals surface area contributed by atoms with E-state index >= 15 is 0 Å². The van der Waals surface area contributed by atoms with E-state index in [0.717, 1.165) is 49.3 Å². The predicted molar refractivity (Wildman–Crippen MR) is 169 cm³/mol. The number of likely N-dealkylation sites (tertiary alicyclic amines) is 1. The van der Waals surface area contributed by atoms with E-state index in [2.05, 4.69) is 29.1 Å². The van der Waals surface area contributed by atoms with E-state index in [0.29, 0.717) is 47.4 Å². The maximum atomic E-state index is 14.9. The SMILES string of the molecule is Cc1nc(-c2noc(C(F)(F)F)n2)cc2nc(CN3CCC(c4cccc5c4OC(C)(c4ccc(Cl)cc4F)O5)CC3)n(CC3CCO3)c12. The van der Waals surface area contributed by atoms with Crippen LogP contribution < -0.4 is 9.47 Å². The predicted octanol–water partition coefficient (Wildman–Crippen LogP) is 7.41. The van der Waals surface area contributed by atoms with Crippen molar-refractivity contribution in [1.29, 1.82) is 0 Å². The summed E-state index contributed by atoms with van der Waals surface area (Å²) >= 11 is 5.98. The topological polar surface area (TPSA) is 101 Å². The summed E-state index contributed by atoms with van der Waals surface area (Å²) in [7, 11) is 0. The molecule has 2 fully saturated rings. The van der Waals surface area contributed by atoms with Gasteiger partial charge in [-0.05, 0) is 75.5 Å². The molecule has 49 heavy (non-hydrogen) atoms. The zero-order valence-corrected chi connectivity index (χ0v) is 27.3. The van der Waals surface area contributed by atoms with Crippen molar-refractivity contribution >= 4 is 22.6 Å². The fourth-order valence-corrected chi connectivity index (χ4v) is 7.10. The number of nitrogens with zero attached hydrogens (tertiary/aromatic N) is 6. The van der Waals surface area contributed by atoms with Crippen molar-refractivity contribution in [3.05, 3.63) is 81.8 Å². The highest BCUT2D eigenvalue weighted by Crippen LogP contribution is 2.50. The van der Waals surface area contributed by atoms with E-state index < -0.39 is 23.7 Å². The van der Waals surface area contributed by atoms with E-state index in [1.807, 2.05) is 18.2 Å². The van der Waals surface area contributed by atoms with Gasteiger partial charge in [0.25, 0.3) is 5.79 Å². The Morgan fingerprint density at radius 2 is 1.82 bits per heavy atom. The molecule has 6 heterocycles. The highest BCUT2D eigenvalue weighted by Gasteiger charge is 2.43. The van der Waals surface area contributed by atoms with Crippen LogP contribution in [0.2, 0.25) is 5.02 Å². The molecule has 3 aromatic heterocycles. The maximum Gasteiger partial charge on any atom is 0.471 e. The van der Waals surface area contributed by atoms with Gasteiger partial charge in [0.1, 0.15) is 17.3 Å². The molecule has 10 nitrogen and oxygen atoms in total. The van der Waals surface area contributed by atoms with Crippen molar-refractivity contribution in [2.24, 2.45) is 0 Å². The molecule has 3 aliphatic rings. The van der Waals surface area contributed by atoms with Gasteiger partial charge in [0, 0.05) is 24.1 Å². The first-order chi connectivity index (χ1) is 23.4. The summed E-state index contributed by atoms with van der Waals surface area (Å²) in [5.74, 6) is -1.30. The van der Waals surface area contributed by atoms with Gasteiger partial charge in [0.2, 0.25) is 5.82 Å². The van der Waals surface area contributed by atoms with Gasteiger partial charge in [-0.2, -0.15) is 18.2 Å². The molecule has 15 heteroatoms. The highest BCUT2D eigenvalue weighted by atomic mass is 35.5. The lowest BCUT2D eigenvalue weighted by Crippen LogP contribution is -2.35. The van der Waals surface area contributed by atoms with Gasteiger partial charge in [0.05, 0.1) is 41.5 Å². The Hall–Kier alpha value is -4.27. The first kappa shape index (κ1) is 32.0. The molecule has 2 saturated heterocycles. The van der Waals surface area contributed by atoms with E-state index in [1.165, 1.54) is 6.07 Å². The summed E-state index contributed by atoms with van der Waals surface area (Å²) < 4.78 is 79.0. The van der Waals surface area contributed by atoms with Crippen LogP contribution >= 0.6 is 11.6 Å². The molecular weight excluding hydrogens is 668 g/mol. The lowest BCUT2D eigenvalue weighted by molar-refractivity contribution is -0.159. The molecule has 5 aromatic rings. The summed E-state index contributed by atoms with van der Waals surface area (Å²) in [5, 5.41) is 3.80. The quantitative estimate of drug-likeness (QED) is 0.161. The van der Waals surface area contributed by atoms with Gasteiger partial charge in [-0.15, -0.1) is 0 Å². The molecule has 2 unspecified atom stereocenters. The normalized spacial score (nSPS) is 21.4. The second-order valence-electron chi connectivity index (χ2n) is 12.8. The second-order valence-corrected chi connectivity index (χ2v) is 13.2. The monoisotopic (exact) mass is 698 g/mol. The Kier molecular flexibility index (Phi) is 7.80. The standard InChI is InChI=1S/C34H31ClF4N6O4/c1-18-29-25(15-26(40-18)31-42-32(49-43-31)34(37,38)39)41-28(45(29)16-21-10-13-46-21)17-44-11-8-19(9-12-44)22-4-3-5-27-30(22)48-33(2,47-27)23-7-6-20(35)14-24(23)36/h3-7,14-15,19,21H,8-13,16-17H2,1-2H3. The average molecular weight is 699 g/mol. The second kappa shape index (κ2) is 12.0. The van der Waals surface area contributed by atoms with Crippen LogP contribution in [-0.2, 0) is 29.8 Å². The summed E-state index contributed by atoms with van der Waals surface area (Å²) in [5.41, 5.74) is 3.41. The summed E-state index contributed by atoms with van der Waals surface area (Å²) in [6.07, 6.45) is -2.09. The van der Waals surface area contributed by atoms with Crippen LogP contribution in [0.25, 0.3) is 22.6 Å². The van der Waals surface area contributed by atoms with Gasteiger partial charge in [-0.25, -0.2) is 14.4 Å². The maximum absolute atomic E-state index is 14.9. The number of imidazole rings is 1. The van der Waals surface area contributed by atoms with Crippen molar-refractivity contribution in [3.63, 3.8) is 0 Å². The number of benzene rings is 2. The van der Waals surface area contributed by atoms with Crippen LogP contribution in [0, 0.1) is 12.7 Å². The molecule has 0 bridgehead atoms. The third-order valence-corrected chi connectivity index (χ3v) is 9.71.